The van der Waals surface area contributed by atoms with Crippen LogP contribution in [0, 0.1) is 13.8 Å². The number of aryl methyl sites for hydroxylation is 2. The van der Waals surface area contributed by atoms with Crippen LogP contribution in [-0.4, -0.2) is 50.6 Å². The summed E-state index contributed by atoms with van der Waals surface area (Å²) in [7, 11) is 0. The molecule has 4 rings (SSSR count). The van der Waals surface area contributed by atoms with Crippen molar-refractivity contribution in [3.05, 3.63) is 29.2 Å². The second-order valence-corrected chi connectivity index (χ2v) is 6.43. The zero-order valence-electron chi connectivity index (χ0n) is 13.5. The van der Waals surface area contributed by atoms with E-state index in [-0.39, 0.29) is 18.3 Å². The van der Waals surface area contributed by atoms with Gasteiger partial charge in [0.2, 0.25) is 0 Å². The fraction of sp³-hybridized carbons (Fsp3) is 0.562. The van der Waals surface area contributed by atoms with Crippen molar-refractivity contribution < 1.29 is 4.79 Å². The van der Waals surface area contributed by atoms with E-state index in [0.717, 1.165) is 49.4 Å². The van der Waals surface area contributed by atoms with E-state index in [1.807, 2.05) is 26.0 Å². The molecular formula is C16H22ClN5O. The van der Waals surface area contributed by atoms with Crippen LogP contribution in [0.5, 0.6) is 0 Å². The van der Waals surface area contributed by atoms with Gasteiger partial charge in [0.1, 0.15) is 0 Å². The molecule has 2 aromatic heterocycles. The molecule has 0 aromatic carbocycles. The van der Waals surface area contributed by atoms with E-state index in [4.69, 9.17) is 0 Å². The van der Waals surface area contributed by atoms with Crippen molar-refractivity contribution in [1.82, 2.24) is 24.8 Å². The minimum atomic E-state index is 0. The minimum absolute atomic E-state index is 0. The highest BCUT2D eigenvalue weighted by molar-refractivity contribution is 5.94. The molecule has 7 heteroatoms. The predicted molar refractivity (Wildman–Crippen MR) is 90.2 cm³/mol. The van der Waals surface area contributed by atoms with Gasteiger partial charge >= 0.3 is 0 Å². The van der Waals surface area contributed by atoms with Gasteiger partial charge in [-0.3, -0.25) is 4.79 Å². The van der Waals surface area contributed by atoms with Gasteiger partial charge < -0.3 is 10.2 Å². The molecule has 23 heavy (non-hydrogen) atoms. The number of carbonyl (C=O) groups excluding carboxylic acids is 1. The molecule has 124 valence electrons. The molecule has 2 bridgehead atoms. The number of aromatic nitrogens is 3. The van der Waals surface area contributed by atoms with E-state index in [2.05, 4.69) is 20.3 Å². The molecule has 0 unspecified atom stereocenters. The Labute approximate surface area is 141 Å². The van der Waals surface area contributed by atoms with Crippen LogP contribution in [0.3, 0.4) is 0 Å². The summed E-state index contributed by atoms with van der Waals surface area (Å²) in [5.41, 5.74) is 3.21. The van der Waals surface area contributed by atoms with Crippen molar-refractivity contribution in [2.45, 2.75) is 45.2 Å². The second kappa shape index (κ2) is 6.09. The van der Waals surface area contributed by atoms with Crippen LogP contribution in [0.2, 0.25) is 0 Å². The Morgan fingerprint density at radius 3 is 2.83 bits per heavy atom. The van der Waals surface area contributed by atoms with Crippen LogP contribution < -0.4 is 5.32 Å². The first kappa shape index (κ1) is 16.2. The molecule has 0 spiro atoms. The molecule has 1 N–H and O–H groups in total. The molecule has 1 amide bonds. The van der Waals surface area contributed by atoms with Crippen molar-refractivity contribution in [1.29, 1.82) is 0 Å². The summed E-state index contributed by atoms with van der Waals surface area (Å²) >= 11 is 0. The number of rotatable bonds is 1. The van der Waals surface area contributed by atoms with E-state index in [1.54, 1.807) is 4.52 Å². The maximum absolute atomic E-state index is 13.0. The van der Waals surface area contributed by atoms with Crippen LogP contribution in [-0.2, 0) is 0 Å². The molecule has 2 aromatic rings. The summed E-state index contributed by atoms with van der Waals surface area (Å²) < 4.78 is 1.76. The Balaban J connectivity index is 0.00000156. The normalized spacial score (nSPS) is 23.7. The Morgan fingerprint density at radius 2 is 2.00 bits per heavy atom. The third-order valence-electron chi connectivity index (χ3n) is 4.84. The molecule has 2 atom stereocenters. The van der Waals surface area contributed by atoms with Gasteiger partial charge in [-0.25, -0.2) is 9.50 Å². The van der Waals surface area contributed by atoms with Gasteiger partial charge in [-0.2, -0.15) is 5.10 Å². The zero-order chi connectivity index (χ0) is 15.3. The van der Waals surface area contributed by atoms with E-state index in [1.165, 1.54) is 0 Å². The number of nitrogens with one attached hydrogen (secondary N) is 1. The quantitative estimate of drug-likeness (QED) is 0.862. The lowest BCUT2D eigenvalue weighted by molar-refractivity contribution is 0.0674. The Morgan fingerprint density at radius 1 is 1.22 bits per heavy atom. The fourth-order valence-corrected chi connectivity index (χ4v) is 3.84. The number of carbonyl (C=O) groups is 1. The van der Waals surface area contributed by atoms with Gasteiger partial charge in [-0.05, 0) is 45.7 Å². The van der Waals surface area contributed by atoms with Crippen LogP contribution in [0.4, 0.5) is 0 Å². The highest BCUT2D eigenvalue weighted by Crippen LogP contribution is 2.29. The lowest BCUT2D eigenvalue weighted by Gasteiger charge is -2.26. The fourth-order valence-electron chi connectivity index (χ4n) is 3.84. The first-order chi connectivity index (χ1) is 10.6. The summed E-state index contributed by atoms with van der Waals surface area (Å²) in [6, 6.07) is 4.46. The van der Waals surface area contributed by atoms with Gasteiger partial charge in [0.25, 0.3) is 5.91 Å². The Hall–Kier alpha value is -1.66. The van der Waals surface area contributed by atoms with Crippen LogP contribution in [0.25, 0.3) is 5.65 Å². The van der Waals surface area contributed by atoms with Gasteiger partial charge in [0.15, 0.2) is 11.3 Å². The topological polar surface area (TPSA) is 62.5 Å². The van der Waals surface area contributed by atoms with E-state index < -0.39 is 0 Å². The van der Waals surface area contributed by atoms with Gasteiger partial charge in [0.05, 0.1) is 0 Å². The van der Waals surface area contributed by atoms with Crippen molar-refractivity contribution in [3.63, 3.8) is 0 Å². The lowest BCUT2D eigenvalue weighted by Crippen LogP contribution is -2.42. The van der Waals surface area contributed by atoms with Crippen LogP contribution in [0.15, 0.2) is 12.1 Å². The first-order valence-corrected chi connectivity index (χ1v) is 8.01. The smallest absolute Gasteiger partial charge is 0.274 e. The SMILES string of the molecule is Cc1cc(C)n2nc(C(=O)N3[C@H]4CCNC[C@@H]3CC4)cc2n1.Cl. The number of hydrogen-bond acceptors (Lipinski definition) is 4. The molecule has 2 aliphatic rings. The number of nitrogens with zero attached hydrogens (tertiary/aromatic N) is 4. The molecule has 0 saturated carbocycles. The number of hydrogen-bond donors (Lipinski definition) is 1. The zero-order valence-corrected chi connectivity index (χ0v) is 14.3. The summed E-state index contributed by atoms with van der Waals surface area (Å²) in [4.78, 5) is 19.5. The highest BCUT2D eigenvalue weighted by atomic mass is 35.5. The molecular weight excluding hydrogens is 314 g/mol. The second-order valence-electron chi connectivity index (χ2n) is 6.43. The minimum Gasteiger partial charge on any atom is -0.330 e. The molecule has 2 saturated heterocycles. The van der Waals surface area contributed by atoms with Crippen molar-refractivity contribution in [3.8, 4) is 0 Å². The summed E-state index contributed by atoms with van der Waals surface area (Å²) in [6.07, 6.45) is 3.24. The maximum atomic E-state index is 13.0. The molecule has 2 aliphatic heterocycles. The highest BCUT2D eigenvalue weighted by Gasteiger charge is 2.39. The average Bonchev–Trinajstić information content (AvgIpc) is 2.98. The van der Waals surface area contributed by atoms with E-state index >= 15 is 0 Å². The molecule has 2 fully saturated rings. The van der Waals surface area contributed by atoms with Crippen molar-refractivity contribution in [2.75, 3.05) is 13.1 Å². The lowest BCUT2D eigenvalue weighted by atomic mass is 10.1. The van der Waals surface area contributed by atoms with E-state index in [0.29, 0.717) is 17.8 Å². The molecule has 0 aliphatic carbocycles. The summed E-state index contributed by atoms with van der Waals surface area (Å²) in [5.74, 6) is 0.0544. The largest absolute Gasteiger partial charge is 0.330 e. The molecule has 0 radical (unpaired) electrons. The number of fused-ring (bicyclic) bond motifs is 3. The van der Waals surface area contributed by atoms with Crippen LogP contribution in [0.1, 0.15) is 41.1 Å². The predicted octanol–water partition coefficient (Wildman–Crippen LogP) is 1.73. The Kier molecular flexibility index (Phi) is 4.29. The summed E-state index contributed by atoms with van der Waals surface area (Å²) in [5, 5.41) is 7.92. The number of halogens is 1. The van der Waals surface area contributed by atoms with Gasteiger partial charge in [0, 0.05) is 36.1 Å². The average molecular weight is 336 g/mol. The van der Waals surface area contributed by atoms with Crippen molar-refractivity contribution >= 4 is 24.0 Å². The third kappa shape index (κ3) is 2.70. The maximum Gasteiger partial charge on any atom is 0.274 e. The Bertz CT molecular complexity index is 729. The monoisotopic (exact) mass is 335 g/mol. The van der Waals surface area contributed by atoms with Crippen LogP contribution >= 0.6 is 12.4 Å². The van der Waals surface area contributed by atoms with Gasteiger partial charge in [-0.15, -0.1) is 12.4 Å². The standard InChI is InChI=1S/C16H21N5O.ClH/c1-10-7-11(2)21-15(18-10)8-14(19-21)16(22)20-12-3-4-13(20)9-17-6-5-12;/h7-8,12-13,17H,3-6,9H2,1-2H3;1H/t12-,13+;/m1./s1. The van der Waals surface area contributed by atoms with Crippen molar-refractivity contribution in [2.24, 2.45) is 0 Å². The van der Waals surface area contributed by atoms with Gasteiger partial charge in [-0.1, -0.05) is 0 Å². The number of amides is 1. The molecule has 6 nitrogen and oxygen atoms in total. The third-order valence-corrected chi connectivity index (χ3v) is 4.84. The molecule has 4 heterocycles. The van der Waals surface area contributed by atoms with E-state index in [9.17, 15) is 4.79 Å². The summed E-state index contributed by atoms with van der Waals surface area (Å²) in [6.45, 7) is 5.84. The first-order valence-electron chi connectivity index (χ1n) is 8.01.